The van der Waals surface area contributed by atoms with Gasteiger partial charge in [0.05, 0.1) is 30.7 Å². The van der Waals surface area contributed by atoms with E-state index < -0.39 is 46.8 Å². The number of benzene rings is 3. The van der Waals surface area contributed by atoms with Gasteiger partial charge in [-0.25, -0.2) is 9.69 Å². The third-order valence-corrected chi connectivity index (χ3v) is 8.94. The molecule has 3 aliphatic heterocycles. The van der Waals surface area contributed by atoms with Crippen LogP contribution >= 0.6 is 15.9 Å². The zero-order valence-corrected chi connectivity index (χ0v) is 24.8. The van der Waals surface area contributed by atoms with Gasteiger partial charge in [-0.3, -0.25) is 19.3 Å². The monoisotopic (exact) mass is 615 g/mol. The molecule has 3 heterocycles. The molecule has 8 nitrogen and oxygen atoms in total. The lowest BCUT2D eigenvalue weighted by Gasteiger charge is -2.38. The number of hydrogen-bond donors (Lipinski definition) is 0. The Morgan fingerprint density at radius 3 is 2.07 bits per heavy atom. The predicted octanol–water partition coefficient (Wildman–Crippen LogP) is 5.36. The molecular weight excluding hydrogens is 586 g/mol. The van der Waals surface area contributed by atoms with E-state index in [0.29, 0.717) is 17.0 Å². The van der Waals surface area contributed by atoms with Crippen molar-refractivity contribution >= 4 is 45.4 Å². The first-order chi connectivity index (χ1) is 19.5. The van der Waals surface area contributed by atoms with Crippen molar-refractivity contribution < 1.29 is 23.9 Å². The summed E-state index contributed by atoms with van der Waals surface area (Å²) in [4.78, 5) is 61.8. The second-order valence-electron chi connectivity index (χ2n) is 11.8. The maximum absolute atomic E-state index is 14.8. The number of nitrogens with zero attached hydrogens (tertiary/aromatic N) is 3. The number of carbonyl (C=O) groups excluding carboxylic acids is 4. The van der Waals surface area contributed by atoms with Gasteiger partial charge < -0.3 is 9.64 Å². The molecular formula is C32H30BrN3O5. The smallest absolute Gasteiger partial charge is 0.332 e. The van der Waals surface area contributed by atoms with Crippen LogP contribution in [0.3, 0.4) is 0 Å². The Hall–Kier alpha value is -3.98. The molecule has 0 saturated carbocycles. The topological polar surface area (TPSA) is 87.2 Å². The highest BCUT2D eigenvalue weighted by Gasteiger charge is 2.77. The van der Waals surface area contributed by atoms with Crippen molar-refractivity contribution in [2.75, 3.05) is 12.0 Å². The molecule has 0 aromatic heterocycles. The van der Waals surface area contributed by atoms with Crippen molar-refractivity contribution in [3.63, 3.8) is 0 Å². The van der Waals surface area contributed by atoms with Crippen LogP contribution in [0.2, 0.25) is 0 Å². The molecule has 3 fully saturated rings. The van der Waals surface area contributed by atoms with Crippen LogP contribution in [-0.2, 0) is 20.8 Å². The molecule has 3 aliphatic rings. The Morgan fingerprint density at radius 2 is 1.49 bits per heavy atom. The van der Waals surface area contributed by atoms with E-state index in [9.17, 15) is 19.2 Å². The van der Waals surface area contributed by atoms with Gasteiger partial charge in [0.25, 0.3) is 5.91 Å². The van der Waals surface area contributed by atoms with E-state index in [1.165, 1.54) is 14.7 Å². The minimum absolute atomic E-state index is 0.0935. The van der Waals surface area contributed by atoms with Crippen LogP contribution in [0.1, 0.15) is 37.9 Å². The number of urea groups is 1. The molecule has 0 radical (unpaired) electrons. The molecule has 3 aromatic rings. The number of fused-ring (bicyclic) bond motifs is 3. The highest BCUT2D eigenvalue weighted by atomic mass is 79.9. The van der Waals surface area contributed by atoms with Gasteiger partial charge in [-0.1, -0.05) is 58.4 Å². The van der Waals surface area contributed by atoms with Gasteiger partial charge in [-0.05, 0) is 68.3 Å². The number of methoxy groups -OCH3 is 1. The highest BCUT2D eigenvalue weighted by Crippen LogP contribution is 2.60. The first kappa shape index (κ1) is 27.2. The molecule has 3 aromatic carbocycles. The Labute approximate surface area is 247 Å². The zero-order valence-electron chi connectivity index (χ0n) is 23.2. The lowest BCUT2D eigenvalue weighted by molar-refractivity contribution is -0.149. The van der Waals surface area contributed by atoms with E-state index in [1.54, 1.807) is 55.6 Å². The number of carbonyl (C=O) groups is 4. The van der Waals surface area contributed by atoms with Crippen LogP contribution in [0.5, 0.6) is 5.75 Å². The maximum Gasteiger partial charge on any atom is 0.332 e. The molecule has 3 saturated heterocycles. The molecule has 4 atom stereocenters. The van der Waals surface area contributed by atoms with E-state index in [4.69, 9.17) is 4.74 Å². The standard InChI is InChI=1S/C32H30BrN3O5/c1-31(2,3)36-27(37)24-25(28(36)38)32(18-19-8-6-5-7-9-19)29(39)34(22-14-12-21(33)13-15-22)30(40)35(32)26(24)20-10-16-23(41-4)17-11-20/h5-17,24-26H,18H2,1-4H3/t24-,25-,26-,32-/m1/s1. The van der Waals surface area contributed by atoms with Crippen LogP contribution in [0.4, 0.5) is 10.5 Å². The van der Waals surface area contributed by atoms with Crippen LogP contribution < -0.4 is 9.64 Å². The summed E-state index contributed by atoms with van der Waals surface area (Å²) in [5.41, 5.74) is -0.558. The van der Waals surface area contributed by atoms with Crippen molar-refractivity contribution in [3.05, 3.63) is 94.5 Å². The van der Waals surface area contributed by atoms with Gasteiger partial charge in [0.2, 0.25) is 11.8 Å². The fourth-order valence-electron chi connectivity index (χ4n) is 6.80. The number of anilines is 1. The Kier molecular flexibility index (Phi) is 6.33. The summed E-state index contributed by atoms with van der Waals surface area (Å²) in [5, 5.41) is 0. The number of amides is 5. The minimum atomic E-state index is -1.60. The Morgan fingerprint density at radius 1 is 0.854 bits per heavy atom. The normalized spacial score (nSPS) is 25.7. The number of halogens is 1. The first-order valence-corrected chi connectivity index (χ1v) is 14.3. The third kappa shape index (κ3) is 3.93. The highest BCUT2D eigenvalue weighted by molar-refractivity contribution is 9.10. The number of ether oxygens (including phenoxy) is 1. The van der Waals surface area contributed by atoms with Crippen LogP contribution in [0.25, 0.3) is 0 Å². The summed E-state index contributed by atoms with van der Waals surface area (Å²) in [6, 6.07) is 22.0. The molecule has 0 unspecified atom stereocenters. The first-order valence-electron chi connectivity index (χ1n) is 13.5. The largest absolute Gasteiger partial charge is 0.497 e. The summed E-state index contributed by atoms with van der Waals surface area (Å²) in [7, 11) is 1.56. The minimum Gasteiger partial charge on any atom is -0.497 e. The van der Waals surface area contributed by atoms with Gasteiger partial charge in [0.15, 0.2) is 0 Å². The molecule has 0 bridgehead atoms. The SMILES string of the molecule is COc1ccc([C@@H]2[C@@H]3C(=O)N(C(C)(C)C)C(=O)[C@@H]3[C@]3(Cc4ccccc4)C(=O)N(c4ccc(Br)cc4)C(=O)N23)cc1. The summed E-state index contributed by atoms with van der Waals surface area (Å²) in [5.74, 6) is -2.66. The average molecular weight is 617 g/mol. The van der Waals surface area contributed by atoms with Crippen LogP contribution in [-0.4, -0.2) is 51.7 Å². The number of rotatable bonds is 5. The van der Waals surface area contributed by atoms with E-state index in [0.717, 1.165) is 10.0 Å². The van der Waals surface area contributed by atoms with Crippen molar-refractivity contribution in [1.29, 1.82) is 0 Å². The van der Waals surface area contributed by atoms with E-state index in [2.05, 4.69) is 15.9 Å². The maximum atomic E-state index is 14.8. The van der Waals surface area contributed by atoms with E-state index in [-0.39, 0.29) is 12.3 Å². The number of imide groups is 2. The summed E-state index contributed by atoms with van der Waals surface area (Å²) < 4.78 is 6.15. The third-order valence-electron chi connectivity index (χ3n) is 8.41. The average Bonchev–Trinajstić information content (AvgIpc) is 3.47. The Bertz CT molecular complexity index is 1550. The Balaban J connectivity index is 1.61. The van der Waals surface area contributed by atoms with Crippen molar-refractivity contribution in [2.45, 2.75) is 44.3 Å². The second kappa shape index (κ2) is 9.55. The molecule has 0 N–H and O–H groups in total. The molecule has 9 heteroatoms. The van der Waals surface area contributed by atoms with E-state index >= 15 is 0 Å². The van der Waals surface area contributed by atoms with Gasteiger partial charge in [-0.15, -0.1) is 0 Å². The number of hydrogen-bond acceptors (Lipinski definition) is 5. The fourth-order valence-corrected chi connectivity index (χ4v) is 7.06. The van der Waals surface area contributed by atoms with Crippen molar-refractivity contribution in [1.82, 2.24) is 9.80 Å². The van der Waals surface area contributed by atoms with Crippen molar-refractivity contribution in [3.8, 4) is 5.75 Å². The van der Waals surface area contributed by atoms with Gasteiger partial charge >= 0.3 is 6.03 Å². The van der Waals surface area contributed by atoms with Gasteiger partial charge in [0, 0.05) is 16.4 Å². The summed E-state index contributed by atoms with van der Waals surface area (Å²) in [6.45, 7) is 5.43. The van der Waals surface area contributed by atoms with E-state index in [1.807, 2.05) is 51.1 Å². The lowest BCUT2D eigenvalue weighted by atomic mass is 9.75. The van der Waals surface area contributed by atoms with Crippen LogP contribution in [0.15, 0.2) is 83.3 Å². The van der Waals surface area contributed by atoms with Gasteiger partial charge in [0.1, 0.15) is 11.3 Å². The molecule has 6 rings (SSSR count). The molecule has 0 aliphatic carbocycles. The molecule has 41 heavy (non-hydrogen) atoms. The summed E-state index contributed by atoms with van der Waals surface area (Å²) >= 11 is 3.42. The van der Waals surface area contributed by atoms with Crippen molar-refractivity contribution in [2.24, 2.45) is 11.8 Å². The summed E-state index contributed by atoms with van der Waals surface area (Å²) in [6.07, 6.45) is 0.0935. The molecule has 5 amide bonds. The predicted molar refractivity (Wildman–Crippen MR) is 156 cm³/mol. The van der Waals surface area contributed by atoms with Crippen LogP contribution in [0, 0.1) is 11.8 Å². The van der Waals surface area contributed by atoms with Gasteiger partial charge in [-0.2, -0.15) is 0 Å². The quantitative estimate of drug-likeness (QED) is 0.285. The molecule has 210 valence electrons. The zero-order chi connectivity index (χ0) is 29.3. The molecule has 0 spiro atoms. The fraction of sp³-hybridized carbons (Fsp3) is 0.312. The lowest BCUT2D eigenvalue weighted by Crippen LogP contribution is -2.57. The number of likely N-dealkylation sites (tertiary alicyclic amines) is 1. The second-order valence-corrected chi connectivity index (χ2v) is 12.7.